The summed E-state index contributed by atoms with van der Waals surface area (Å²) >= 11 is 0. The van der Waals surface area contributed by atoms with Gasteiger partial charge in [0, 0.05) is 38.4 Å². The number of pyridine rings is 1. The summed E-state index contributed by atoms with van der Waals surface area (Å²) in [7, 11) is 0. The van der Waals surface area contributed by atoms with Crippen molar-refractivity contribution in [3.63, 3.8) is 0 Å². The molecule has 0 aliphatic carbocycles. The number of furan rings is 1. The highest BCUT2D eigenvalue weighted by Crippen LogP contribution is 2.41. The highest BCUT2D eigenvalue weighted by Gasteiger charge is 2.20. The minimum Gasteiger partial charge on any atom is -0.454 e. The summed E-state index contributed by atoms with van der Waals surface area (Å²) < 4.78 is 6.60. The second-order valence-corrected chi connectivity index (χ2v) is 12.7. The van der Waals surface area contributed by atoms with E-state index >= 15 is 0 Å². The lowest BCUT2D eigenvalue weighted by Gasteiger charge is -2.11. The van der Waals surface area contributed by atoms with Crippen molar-refractivity contribution >= 4 is 43.6 Å². The fraction of sp³-hybridized carbons (Fsp3) is 0. The second kappa shape index (κ2) is 11.9. The number of rotatable bonds is 5. The Morgan fingerprint density at radius 1 is 0.353 bits per heavy atom. The quantitative estimate of drug-likeness (QED) is 0.173. The first-order valence-corrected chi connectivity index (χ1v) is 17.0. The third-order valence-corrected chi connectivity index (χ3v) is 9.49. The van der Waals surface area contributed by atoms with Crippen LogP contribution in [-0.2, 0) is 0 Å². The third-order valence-electron chi connectivity index (χ3n) is 9.49. The highest BCUT2D eigenvalue weighted by atomic mass is 16.3. The van der Waals surface area contributed by atoms with Crippen LogP contribution in [0.4, 0.5) is 0 Å². The number of aromatic nitrogens is 4. The van der Waals surface area contributed by atoms with E-state index in [0.717, 1.165) is 77.3 Å². The summed E-state index contributed by atoms with van der Waals surface area (Å²) in [5, 5.41) is 5.52. The fourth-order valence-electron chi connectivity index (χ4n) is 6.97. The van der Waals surface area contributed by atoms with Crippen molar-refractivity contribution in [3.05, 3.63) is 170 Å². The fourth-order valence-corrected chi connectivity index (χ4v) is 6.97. The second-order valence-electron chi connectivity index (χ2n) is 12.7. The van der Waals surface area contributed by atoms with Gasteiger partial charge in [0.2, 0.25) is 0 Å². The molecule has 0 bridgehead atoms. The first-order valence-electron chi connectivity index (χ1n) is 17.0. The van der Waals surface area contributed by atoms with Crippen LogP contribution in [0.5, 0.6) is 0 Å². The van der Waals surface area contributed by atoms with Gasteiger partial charge in [0.1, 0.15) is 11.3 Å². The molecule has 5 nitrogen and oxygen atoms in total. The van der Waals surface area contributed by atoms with Gasteiger partial charge < -0.3 is 4.42 Å². The molecule has 0 aliphatic rings. The van der Waals surface area contributed by atoms with E-state index in [2.05, 4.69) is 109 Å². The van der Waals surface area contributed by atoms with Crippen molar-refractivity contribution in [2.24, 2.45) is 0 Å². The SMILES string of the molecule is c1ccc(-c2ccc(-c3nc(-c4ccccc4)nc(-c4cccc(-c5nc6cc7ccccc7cc6c6c5oc5ccccc56)c4)n3)cc2)cc1. The molecule has 0 unspecified atom stereocenters. The lowest BCUT2D eigenvalue weighted by Crippen LogP contribution is -2.00. The lowest BCUT2D eigenvalue weighted by molar-refractivity contribution is 0.669. The number of fused-ring (bicyclic) bond motifs is 6. The molecule has 3 heterocycles. The van der Waals surface area contributed by atoms with E-state index in [4.69, 9.17) is 24.4 Å². The molecule has 10 aromatic rings. The number of benzene rings is 7. The molecule has 0 spiro atoms. The van der Waals surface area contributed by atoms with E-state index in [9.17, 15) is 0 Å². The molecule has 51 heavy (non-hydrogen) atoms. The van der Waals surface area contributed by atoms with Gasteiger partial charge in [-0.2, -0.15) is 0 Å². The zero-order valence-electron chi connectivity index (χ0n) is 27.4. The summed E-state index contributed by atoms with van der Waals surface area (Å²) in [6, 6.07) is 58.1. The Kier molecular flexibility index (Phi) is 6.74. The van der Waals surface area contributed by atoms with E-state index < -0.39 is 0 Å². The Bertz CT molecular complexity index is 2900. The van der Waals surface area contributed by atoms with Crippen LogP contribution in [0.2, 0.25) is 0 Å². The van der Waals surface area contributed by atoms with Gasteiger partial charge in [0.05, 0.1) is 5.52 Å². The standard InChI is InChI=1S/C46H28N4O/c1-3-12-29(13-4-1)30-22-24-32(25-23-30)45-48-44(31-14-5-2-6-15-31)49-46(50-45)36-19-11-18-35(26-36)42-43-41(37-20-9-10-21-40(37)51-43)38-27-33-16-7-8-17-34(33)28-39(38)47-42/h1-28H. The summed E-state index contributed by atoms with van der Waals surface area (Å²) in [6.45, 7) is 0. The monoisotopic (exact) mass is 652 g/mol. The minimum atomic E-state index is 0.584. The number of nitrogens with zero attached hydrogens (tertiary/aromatic N) is 4. The van der Waals surface area contributed by atoms with Gasteiger partial charge in [-0.25, -0.2) is 19.9 Å². The van der Waals surface area contributed by atoms with E-state index in [0.29, 0.717) is 17.5 Å². The topological polar surface area (TPSA) is 64.7 Å². The average molecular weight is 653 g/mol. The van der Waals surface area contributed by atoms with Crippen LogP contribution in [0.15, 0.2) is 174 Å². The normalized spacial score (nSPS) is 11.5. The van der Waals surface area contributed by atoms with Crippen molar-refractivity contribution in [1.82, 2.24) is 19.9 Å². The van der Waals surface area contributed by atoms with Crippen LogP contribution >= 0.6 is 0 Å². The Morgan fingerprint density at radius 2 is 0.882 bits per heavy atom. The summed E-state index contributed by atoms with van der Waals surface area (Å²) in [4.78, 5) is 20.3. The molecule has 3 aromatic heterocycles. The first kappa shape index (κ1) is 29.0. The van der Waals surface area contributed by atoms with E-state index in [1.807, 2.05) is 60.7 Å². The summed E-state index contributed by atoms with van der Waals surface area (Å²) in [5.74, 6) is 1.81. The molecule has 0 aliphatic heterocycles. The molecule has 0 N–H and O–H groups in total. The first-order chi connectivity index (χ1) is 25.2. The minimum absolute atomic E-state index is 0.584. The Balaban J connectivity index is 1.15. The molecule has 0 atom stereocenters. The van der Waals surface area contributed by atoms with Gasteiger partial charge in [0.15, 0.2) is 23.1 Å². The van der Waals surface area contributed by atoms with Gasteiger partial charge >= 0.3 is 0 Å². The van der Waals surface area contributed by atoms with Crippen molar-refractivity contribution in [2.45, 2.75) is 0 Å². The smallest absolute Gasteiger partial charge is 0.164 e. The van der Waals surface area contributed by atoms with E-state index in [1.165, 1.54) is 5.39 Å². The summed E-state index contributed by atoms with van der Waals surface area (Å²) in [5.41, 5.74) is 9.21. The molecule has 0 fully saturated rings. The van der Waals surface area contributed by atoms with Crippen LogP contribution in [0.25, 0.3) is 100 Å². The average Bonchev–Trinajstić information content (AvgIpc) is 3.60. The van der Waals surface area contributed by atoms with Crippen molar-refractivity contribution in [3.8, 4) is 56.5 Å². The van der Waals surface area contributed by atoms with Crippen LogP contribution in [-0.4, -0.2) is 19.9 Å². The van der Waals surface area contributed by atoms with Crippen molar-refractivity contribution in [2.75, 3.05) is 0 Å². The van der Waals surface area contributed by atoms with E-state index in [1.54, 1.807) is 0 Å². The number of hydrogen-bond donors (Lipinski definition) is 0. The van der Waals surface area contributed by atoms with Crippen molar-refractivity contribution < 1.29 is 4.42 Å². The molecular weight excluding hydrogens is 625 g/mol. The zero-order chi connectivity index (χ0) is 33.7. The maximum atomic E-state index is 6.60. The Morgan fingerprint density at radius 3 is 1.63 bits per heavy atom. The molecule has 5 heteroatoms. The zero-order valence-corrected chi connectivity index (χ0v) is 27.4. The highest BCUT2D eigenvalue weighted by molar-refractivity contribution is 6.22. The number of para-hydroxylation sites is 1. The molecule has 0 saturated heterocycles. The predicted molar refractivity (Wildman–Crippen MR) is 207 cm³/mol. The van der Waals surface area contributed by atoms with Gasteiger partial charge in [0.25, 0.3) is 0 Å². The van der Waals surface area contributed by atoms with Gasteiger partial charge in [-0.05, 0) is 46.2 Å². The lowest BCUT2D eigenvalue weighted by atomic mass is 9.99. The number of hydrogen-bond acceptors (Lipinski definition) is 5. The third kappa shape index (κ3) is 5.11. The van der Waals surface area contributed by atoms with Crippen LogP contribution in [0.1, 0.15) is 0 Å². The molecular formula is C46H28N4O. The van der Waals surface area contributed by atoms with E-state index in [-0.39, 0.29) is 0 Å². The Hall–Kier alpha value is -6.98. The van der Waals surface area contributed by atoms with Crippen LogP contribution in [0, 0.1) is 0 Å². The Labute approximate surface area is 293 Å². The molecule has 10 rings (SSSR count). The van der Waals surface area contributed by atoms with Crippen molar-refractivity contribution in [1.29, 1.82) is 0 Å². The molecule has 0 amide bonds. The maximum absolute atomic E-state index is 6.60. The van der Waals surface area contributed by atoms with Crippen LogP contribution < -0.4 is 0 Å². The molecule has 238 valence electrons. The molecule has 0 saturated carbocycles. The largest absolute Gasteiger partial charge is 0.454 e. The van der Waals surface area contributed by atoms with Gasteiger partial charge in [-0.3, -0.25) is 0 Å². The molecule has 0 radical (unpaired) electrons. The maximum Gasteiger partial charge on any atom is 0.164 e. The summed E-state index contributed by atoms with van der Waals surface area (Å²) in [6.07, 6.45) is 0. The molecule has 7 aromatic carbocycles. The van der Waals surface area contributed by atoms with Gasteiger partial charge in [-0.1, -0.05) is 146 Å². The predicted octanol–water partition coefficient (Wildman–Crippen LogP) is 11.8. The van der Waals surface area contributed by atoms with Gasteiger partial charge in [-0.15, -0.1) is 0 Å². The van der Waals surface area contributed by atoms with Crippen LogP contribution in [0.3, 0.4) is 0 Å².